The van der Waals surface area contributed by atoms with E-state index in [9.17, 15) is 0 Å². The molecule has 0 fully saturated rings. The fourth-order valence-electron chi connectivity index (χ4n) is 2.06. The van der Waals surface area contributed by atoms with Crippen LogP contribution in [0.2, 0.25) is 5.15 Å². The molecule has 3 aromatic rings. The van der Waals surface area contributed by atoms with Crippen LogP contribution in [-0.4, -0.2) is 32.1 Å². The summed E-state index contributed by atoms with van der Waals surface area (Å²) in [7, 11) is 1.60. The molecule has 0 aliphatic heterocycles. The van der Waals surface area contributed by atoms with E-state index in [1.54, 1.807) is 36.4 Å². The van der Waals surface area contributed by atoms with Crippen LogP contribution in [0.4, 0.5) is 0 Å². The number of hydrogen-bond donors (Lipinski definition) is 0. The van der Waals surface area contributed by atoms with Crippen molar-refractivity contribution >= 4 is 11.6 Å². The van der Waals surface area contributed by atoms with Gasteiger partial charge in [-0.2, -0.15) is 0 Å². The molecule has 0 spiro atoms. The van der Waals surface area contributed by atoms with Crippen LogP contribution in [0.15, 0.2) is 43.0 Å². The first-order valence-corrected chi connectivity index (χ1v) is 7.08. The van der Waals surface area contributed by atoms with Crippen molar-refractivity contribution in [3.05, 3.63) is 53.7 Å². The Morgan fingerprint density at radius 3 is 2.82 bits per heavy atom. The summed E-state index contributed by atoms with van der Waals surface area (Å²) < 4.78 is 6.95. The number of rotatable bonds is 4. The molecule has 7 heteroatoms. The molecule has 1 unspecified atom stereocenters. The van der Waals surface area contributed by atoms with E-state index in [4.69, 9.17) is 16.3 Å². The Labute approximate surface area is 132 Å². The summed E-state index contributed by atoms with van der Waals surface area (Å²) in [5.74, 6) is 0.682. The second-order valence-corrected chi connectivity index (χ2v) is 5.17. The zero-order valence-electron chi connectivity index (χ0n) is 12.1. The minimum Gasteiger partial charge on any atom is -0.495 e. The molecule has 3 aromatic heterocycles. The minimum atomic E-state index is 0.00424. The van der Waals surface area contributed by atoms with E-state index in [-0.39, 0.29) is 6.04 Å². The Kier molecular flexibility index (Phi) is 4.02. The first-order valence-electron chi connectivity index (χ1n) is 6.70. The lowest BCUT2D eigenvalue weighted by Crippen LogP contribution is -2.07. The van der Waals surface area contributed by atoms with Gasteiger partial charge in [-0.15, -0.1) is 5.10 Å². The van der Waals surface area contributed by atoms with Crippen LogP contribution >= 0.6 is 11.6 Å². The van der Waals surface area contributed by atoms with E-state index < -0.39 is 0 Å². The van der Waals surface area contributed by atoms with Crippen molar-refractivity contribution in [1.29, 1.82) is 0 Å². The van der Waals surface area contributed by atoms with E-state index in [2.05, 4.69) is 20.3 Å². The molecule has 0 aromatic carbocycles. The van der Waals surface area contributed by atoms with Gasteiger partial charge in [0.2, 0.25) is 0 Å². The predicted molar refractivity (Wildman–Crippen MR) is 82.9 cm³/mol. The third-order valence-electron chi connectivity index (χ3n) is 3.38. The lowest BCUT2D eigenvalue weighted by molar-refractivity contribution is 0.413. The van der Waals surface area contributed by atoms with Crippen LogP contribution < -0.4 is 4.74 Å². The zero-order chi connectivity index (χ0) is 15.5. The molecule has 6 nitrogen and oxygen atoms in total. The summed E-state index contributed by atoms with van der Waals surface area (Å²) in [5, 5.41) is 8.85. The molecular weight excluding hydrogens is 302 g/mol. The number of nitrogens with zero attached hydrogens (tertiary/aromatic N) is 5. The lowest BCUT2D eigenvalue weighted by Gasteiger charge is -2.10. The first-order chi connectivity index (χ1) is 10.7. The minimum absolute atomic E-state index is 0.00424. The summed E-state index contributed by atoms with van der Waals surface area (Å²) in [6.45, 7) is 2.02. The molecule has 0 aliphatic rings. The van der Waals surface area contributed by atoms with Gasteiger partial charge in [-0.3, -0.25) is 4.98 Å². The van der Waals surface area contributed by atoms with Gasteiger partial charge in [0, 0.05) is 18.0 Å². The molecule has 3 heterocycles. The summed E-state index contributed by atoms with van der Waals surface area (Å²) in [5.41, 5.74) is 2.59. The smallest absolute Gasteiger partial charge is 0.137 e. The molecule has 0 bridgehead atoms. The summed E-state index contributed by atoms with van der Waals surface area (Å²) >= 11 is 5.81. The standard InChI is InChI=1S/C15H14ClN5O/c1-10(11-3-4-15(16)18-7-11)21-9-14(19-20-21)12-5-13(22-2)8-17-6-12/h3-10H,1-2H3. The van der Waals surface area contributed by atoms with Crippen molar-refractivity contribution in [2.75, 3.05) is 7.11 Å². The molecule has 0 aliphatic carbocycles. The molecule has 0 N–H and O–H groups in total. The molecular formula is C15H14ClN5O. The van der Waals surface area contributed by atoms with Gasteiger partial charge in [0.05, 0.1) is 25.5 Å². The Balaban J connectivity index is 1.88. The highest BCUT2D eigenvalue weighted by Crippen LogP contribution is 2.23. The second-order valence-electron chi connectivity index (χ2n) is 4.79. The van der Waals surface area contributed by atoms with E-state index >= 15 is 0 Å². The molecule has 0 saturated heterocycles. The Morgan fingerprint density at radius 2 is 2.09 bits per heavy atom. The monoisotopic (exact) mass is 315 g/mol. The van der Waals surface area contributed by atoms with Gasteiger partial charge in [-0.1, -0.05) is 22.9 Å². The van der Waals surface area contributed by atoms with Crippen LogP contribution in [0, 0.1) is 0 Å². The maximum Gasteiger partial charge on any atom is 0.137 e. The molecule has 22 heavy (non-hydrogen) atoms. The van der Waals surface area contributed by atoms with Gasteiger partial charge in [-0.05, 0) is 24.6 Å². The third kappa shape index (κ3) is 2.92. The average Bonchev–Trinajstić information content (AvgIpc) is 3.05. The van der Waals surface area contributed by atoms with Crippen molar-refractivity contribution in [2.45, 2.75) is 13.0 Å². The predicted octanol–water partition coefficient (Wildman–Crippen LogP) is 3.01. The van der Waals surface area contributed by atoms with Gasteiger partial charge < -0.3 is 4.74 Å². The van der Waals surface area contributed by atoms with Crippen molar-refractivity contribution < 1.29 is 4.74 Å². The fraction of sp³-hybridized carbons (Fsp3) is 0.200. The van der Waals surface area contributed by atoms with Crippen molar-refractivity contribution in [2.24, 2.45) is 0 Å². The average molecular weight is 316 g/mol. The summed E-state index contributed by atoms with van der Waals surface area (Å²) in [6, 6.07) is 5.56. The van der Waals surface area contributed by atoms with E-state index in [0.717, 1.165) is 16.8 Å². The van der Waals surface area contributed by atoms with E-state index in [1.165, 1.54) is 0 Å². The maximum atomic E-state index is 5.81. The second kappa shape index (κ2) is 6.11. The van der Waals surface area contributed by atoms with Gasteiger partial charge in [0.25, 0.3) is 0 Å². The van der Waals surface area contributed by atoms with Crippen LogP contribution in [0.5, 0.6) is 5.75 Å². The Morgan fingerprint density at radius 1 is 1.23 bits per heavy atom. The number of methoxy groups -OCH3 is 1. The number of halogens is 1. The Hall–Kier alpha value is -2.47. The van der Waals surface area contributed by atoms with Gasteiger partial charge in [0.1, 0.15) is 16.6 Å². The maximum absolute atomic E-state index is 5.81. The number of pyridine rings is 2. The lowest BCUT2D eigenvalue weighted by atomic mass is 10.1. The third-order valence-corrected chi connectivity index (χ3v) is 3.61. The van der Waals surface area contributed by atoms with Crippen LogP contribution in [-0.2, 0) is 0 Å². The van der Waals surface area contributed by atoms with Crippen LogP contribution in [0.1, 0.15) is 18.5 Å². The van der Waals surface area contributed by atoms with Gasteiger partial charge in [-0.25, -0.2) is 9.67 Å². The first kappa shape index (κ1) is 14.5. The summed E-state index contributed by atoms with van der Waals surface area (Å²) in [6.07, 6.45) is 6.98. The van der Waals surface area contributed by atoms with Gasteiger partial charge >= 0.3 is 0 Å². The largest absolute Gasteiger partial charge is 0.495 e. The van der Waals surface area contributed by atoms with Crippen molar-refractivity contribution in [1.82, 2.24) is 25.0 Å². The van der Waals surface area contributed by atoms with Crippen LogP contribution in [0.25, 0.3) is 11.3 Å². The molecule has 112 valence electrons. The van der Waals surface area contributed by atoms with Crippen LogP contribution in [0.3, 0.4) is 0 Å². The van der Waals surface area contributed by atoms with Crippen molar-refractivity contribution in [3.8, 4) is 17.0 Å². The normalized spacial score (nSPS) is 12.1. The zero-order valence-corrected chi connectivity index (χ0v) is 12.9. The molecule has 0 amide bonds. The quantitative estimate of drug-likeness (QED) is 0.692. The SMILES string of the molecule is COc1cncc(-c2cn(C(C)c3ccc(Cl)nc3)nn2)c1. The molecule has 0 radical (unpaired) electrons. The highest BCUT2D eigenvalue weighted by molar-refractivity contribution is 6.29. The number of ether oxygens (including phenoxy) is 1. The number of aromatic nitrogens is 5. The van der Waals surface area contributed by atoms with Gasteiger partial charge in [0.15, 0.2) is 0 Å². The highest BCUT2D eigenvalue weighted by Gasteiger charge is 2.12. The molecule has 1 atom stereocenters. The topological polar surface area (TPSA) is 65.7 Å². The summed E-state index contributed by atoms with van der Waals surface area (Å²) in [4.78, 5) is 8.22. The number of hydrogen-bond acceptors (Lipinski definition) is 5. The van der Waals surface area contributed by atoms with E-state index in [1.807, 2.05) is 25.3 Å². The highest BCUT2D eigenvalue weighted by atomic mass is 35.5. The van der Waals surface area contributed by atoms with Crippen molar-refractivity contribution in [3.63, 3.8) is 0 Å². The molecule has 0 saturated carbocycles. The van der Waals surface area contributed by atoms with E-state index in [0.29, 0.717) is 10.9 Å². The molecule has 3 rings (SSSR count). The Bertz CT molecular complexity index is 772. The fourth-order valence-corrected chi connectivity index (χ4v) is 2.17.